The highest BCUT2D eigenvalue weighted by atomic mass is 79.9. The van der Waals surface area contributed by atoms with Gasteiger partial charge in [-0.1, -0.05) is 27.7 Å². The minimum absolute atomic E-state index is 0.255. The van der Waals surface area contributed by atoms with Crippen LogP contribution in [0.5, 0.6) is 0 Å². The van der Waals surface area contributed by atoms with Crippen LogP contribution in [0.3, 0.4) is 0 Å². The van der Waals surface area contributed by atoms with E-state index < -0.39 is 53.7 Å². The number of hydrogen-bond acceptors (Lipinski definition) is 10. The van der Waals surface area contributed by atoms with Crippen molar-refractivity contribution in [3.05, 3.63) is 28.7 Å². The van der Waals surface area contributed by atoms with Gasteiger partial charge in [0.2, 0.25) is 0 Å². The molecule has 2 rings (SSSR count). The Morgan fingerprint density at radius 3 is 1.87 bits per heavy atom. The van der Waals surface area contributed by atoms with Crippen LogP contribution >= 0.6 is 27.7 Å². The third-order valence-electron chi connectivity index (χ3n) is 4.01. The molecule has 1 aliphatic heterocycles. The molecule has 0 spiro atoms. The van der Waals surface area contributed by atoms with E-state index in [1.165, 1.54) is 39.5 Å². The molecule has 0 N–H and O–H groups in total. The van der Waals surface area contributed by atoms with Crippen LogP contribution in [0.2, 0.25) is 0 Å². The summed E-state index contributed by atoms with van der Waals surface area (Å²) in [6, 6.07) is 7.30. The average molecular weight is 519 g/mol. The minimum atomic E-state index is -1.17. The van der Waals surface area contributed by atoms with Crippen molar-refractivity contribution in [2.75, 3.05) is 6.61 Å². The summed E-state index contributed by atoms with van der Waals surface area (Å²) >= 11 is 4.58. The number of benzene rings is 1. The van der Waals surface area contributed by atoms with Crippen molar-refractivity contribution in [1.82, 2.24) is 0 Å². The summed E-state index contributed by atoms with van der Waals surface area (Å²) in [5.74, 6) is -2.53. The second-order valence-electron chi connectivity index (χ2n) is 6.64. The van der Waals surface area contributed by atoms with Crippen molar-refractivity contribution in [3.63, 3.8) is 0 Å². The molecule has 31 heavy (non-hydrogen) atoms. The van der Waals surface area contributed by atoms with Gasteiger partial charge >= 0.3 is 23.9 Å². The summed E-state index contributed by atoms with van der Waals surface area (Å²) in [4.78, 5) is 47.4. The van der Waals surface area contributed by atoms with Crippen LogP contribution in [0.1, 0.15) is 27.7 Å². The number of ether oxygens (including phenoxy) is 5. The molecule has 9 nitrogen and oxygen atoms in total. The van der Waals surface area contributed by atoms with Crippen LogP contribution < -0.4 is 0 Å². The monoisotopic (exact) mass is 518 g/mol. The van der Waals surface area contributed by atoms with Gasteiger partial charge in [-0.3, -0.25) is 19.2 Å². The lowest BCUT2D eigenvalue weighted by molar-refractivity contribution is -0.237. The van der Waals surface area contributed by atoms with Crippen LogP contribution in [-0.4, -0.2) is 60.3 Å². The summed E-state index contributed by atoms with van der Waals surface area (Å²) in [5, 5.41) is 0. The first kappa shape index (κ1) is 25.2. The average Bonchev–Trinajstić information content (AvgIpc) is 2.65. The van der Waals surface area contributed by atoms with Gasteiger partial charge in [-0.25, -0.2) is 0 Å². The summed E-state index contributed by atoms with van der Waals surface area (Å²) in [5.41, 5.74) is -0.846. The van der Waals surface area contributed by atoms with Gasteiger partial charge in [-0.05, 0) is 24.3 Å². The van der Waals surface area contributed by atoms with E-state index in [2.05, 4.69) is 15.9 Å². The number of thioether (sulfide) groups is 1. The van der Waals surface area contributed by atoms with Crippen LogP contribution in [-0.2, 0) is 42.9 Å². The number of carbonyl (C=O) groups is 4. The second kappa shape index (κ2) is 11.5. The van der Waals surface area contributed by atoms with Crippen molar-refractivity contribution in [2.24, 2.45) is 0 Å². The summed E-state index contributed by atoms with van der Waals surface area (Å²) < 4.78 is 28.1. The fourth-order valence-corrected chi connectivity index (χ4v) is 4.30. The van der Waals surface area contributed by atoms with E-state index in [4.69, 9.17) is 23.7 Å². The number of rotatable bonds is 7. The first-order valence-corrected chi connectivity index (χ1v) is 11.0. The zero-order valence-corrected chi connectivity index (χ0v) is 19.8. The highest BCUT2D eigenvalue weighted by molar-refractivity contribution is 9.10. The number of carbonyl (C=O) groups excluding carboxylic acids is 4. The van der Waals surface area contributed by atoms with Gasteiger partial charge in [0, 0.05) is 37.1 Å². The van der Waals surface area contributed by atoms with E-state index >= 15 is 0 Å². The molecule has 0 unspecified atom stereocenters. The van der Waals surface area contributed by atoms with Crippen molar-refractivity contribution in [2.45, 2.75) is 62.4 Å². The Morgan fingerprint density at radius 2 is 1.35 bits per heavy atom. The Labute approximate surface area is 192 Å². The van der Waals surface area contributed by atoms with Crippen LogP contribution in [0, 0.1) is 0 Å². The lowest BCUT2D eigenvalue weighted by Gasteiger charge is -2.44. The molecule has 1 aromatic carbocycles. The van der Waals surface area contributed by atoms with Crippen molar-refractivity contribution in [3.8, 4) is 0 Å². The Bertz CT molecular complexity index is 813. The first-order valence-electron chi connectivity index (χ1n) is 9.29. The third-order valence-corrected chi connectivity index (χ3v) is 5.70. The van der Waals surface area contributed by atoms with Gasteiger partial charge in [0.1, 0.15) is 18.1 Å². The van der Waals surface area contributed by atoms with Crippen LogP contribution in [0.25, 0.3) is 0 Å². The molecule has 0 saturated carbocycles. The van der Waals surface area contributed by atoms with E-state index in [1.807, 2.05) is 24.3 Å². The maximum atomic E-state index is 11.8. The van der Waals surface area contributed by atoms with E-state index in [9.17, 15) is 19.2 Å². The Morgan fingerprint density at radius 1 is 0.839 bits per heavy atom. The lowest BCUT2D eigenvalue weighted by Crippen LogP contribution is -2.61. The number of hydrogen-bond donors (Lipinski definition) is 0. The summed E-state index contributed by atoms with van der Waals surface area (Å²) in [6.07, 6.45) is -4.38. The quantitative estimate of drug-likeness (QED) is 0.393. The normalized spacial score (nSPS) is 25.3. The van der Waals surface area contributed by atoms with Crippen molar-refractivity contribution in [1.29, 1.82) is 0 Å². The molecular formula is C20H23BrO9S. The Kier molecular flexibility index (Phi) is 9.32. The molecule has 1 fully saturated rings. The maximum Gasteiger partial charge on any atom is 0.303 e. The predicted molar refractivity (Wildman–Crippen MR) is 112 cm³/mol. The van der Waals surface area contributed by atoms with E-state index in [0.717, 1.165) is 9.37 Å². The second-order valence-corrected chi connectivity index (χ2v) is 8.73. The standard InChI is InChI=1S/C20H23BrO9S/c1-10(22)26-9-16-17(27-11(2)23)18(28-12(3)24)19(29-13(4)25)20(30-16)31-15-7-5-14(21)6-8-15/h5-8,16-20H,9H2,1-4H3/t16-,17+,18+,19-,20+/m1/s1. The molecule has 1 heterocycles. The van der Waals surface area contributed by atoms with Gasteiger partial charge in [0.25, 0.3) is 0 Å². The highest BCUT2D eigenvalue weighted by Crippen LogP contribution is 2.37. The molecule has 0 amide bonds. The van der Waals surface area contributed by atoms with Crippen molar-refractivity contribution >= 4 is 51.6 Å². The number of halogens is 1. The number of esters is 4. The van der Waals surface area contributed by atoms with Gasteiger partial charge < -0.3 is 23.7 Å². The molecule has 11 heteroatoms. The summed E-state index contributed by atoms with van der Waals surface area (Å²) in [7, 11) is 0. The third kappa shape index (κ3) is 7.82. The van der Waals surface area contributed by atoms with Crippen molar-refractivity contribution < 1.29 is 42.9 Å². The Hall–Kier alpha value is -2.11. The van der Waals surface area contributed by atoms with Gasteiger partial charge in [0.05, 0.1) is 0 Å². The summed E-state index contributed by atoms with van der Waals surface area (Å²) in [6.45, 7) is 4.54. The largest absolute Gasteiger partial charge is 0.463 e. The molecule has 5 atom stereocenters. The van der Waals surface area contributed by atoms with E-state index in [-0.39, 0.29) is 6.61 Å². The smallest absolute Gasteiger partial charge is 0.303 e. The zero-order valence-electron chi connectivity index (χ0n) is 17.4. The maximum absolute atomic E-state index is 11.8. The SMILES string of the molecule is CC(=O)OC[C@H]1O[C@@H](Sc2ccc(Br)cc2)[C@H](OC(C)=O)[C@@H](OC(C)=O)[C@H]1OC(C)=O. The minimum Gasteiger partial charge on any atom is -0.463 e. The van der Waals surface area contributed by atoms with E-state index in [1.54, 1.807) is 0 Å². The van der Waals surface area contributed by atoms with Gasteiger partial charge in [0.15, 0.2) is 18.3 Å². The Balaban J connectivity index is 2.43. The molecule has 0 radical (unpaired) electrons. The highest BCUT2D eigenvalue weighted by Gasteiger charge is 2.52. The fourth-order valence-electron chi connectivity index (χ4n) is 2.93. The van der Waals surface area contributed by atoms with E-state index in [0.29, 0.717) is 0 Å². The molecule has 1 aromatic rings. The van der Waals surface area contributed by atoms with Crippen LogP contribution in [0.4, 0.5) is 0 Å². The first-order chi connectivity index (χ1) is 14.6. The lowest BCUT2D eigenvalue weighted by atomic mass is 9.99. The molecule has 1 aliphatic rings. The van der Waals surface area contributed by atoms with Gasteiger partial charge in [-0.15, -0.1) is 0 Å². The van der Waals surface area contributed by atoms with Crippen LogP contribution in [0.15, 0.2) is 33.6 Å². The topological polar surface area (TPSA) is 114 Å². The fraction of sp³-hybridized carbons (Fsp3) is 0.500. The predicted octanol–water partition coefficient (Wildman–Crippen LogP) is 2.62. The molecule has 170 valence electrons. The molecule has 0 aromatic heterocycles. The molecular weight excluding hydrogens is 496 g/mol. The zero-order chi connectivity index (χ0) is 23.1. The molecule has 0 bridgehead atoms. The molecule has 0 aliphatic carbocycles. The molecule has 1 saturated heterocycles. The van der Waals surface area contributed by atoms with Gasteiger partial charge in [-0.2, -0.15) is 0 Å².